The molecule has 0 radical (unpaired) electrons. The number of ether oxygens (including phenoxy) is 2. The highest BCUT2D eigenvalue weighted by molar-refractivity contribution is 9.10. The van der Waals surface area contributed by atoms with Gasteiger partial charge in [-0.3, -0.25) is 0 Å². The number of unbranched alkanes of at least 4 members (excludes halogenated alkanes) is 1. The Morgan fingerprint density at radius 3 is 2.76 bits per heavy atom. The van der Waals surface area contributed by atoms with Crippen molar-refractivity contribution in [1.29, 1.82) is 0 Å². The molecule has 0 aliphatic carbocycles. The van der Waals surface area contributed by atoms with Crippen LogP contribution < -0.4 is 10.1 Å². The van der Waals surface area contributed by atoms with Crippen molar-refractivity contribution in [3.05, 3.63) is 28.2 Å². The summed E-state index contributed by atoms with van der Waals surface area (Å²) in [6.07, 6.45) is 2.23. The second-order valence-corrected chi connectivity index (χ2v) is 4.69. The van der Waals surface area contributed by atoms with E-state index >= 15 is 0 Å². The minimum Gasteiger partial charge on any atom is -0.497 e. The molecule has 96 valence electrons. The Bertz CT molecular complexity index is 331. The van der Waals surface area contributed by atoms with Crippen LogP contribution >= 0.6 is 15.9 Å². The molecular weight excluding hydrogens is 282 g/mol. The highest BCUT2D eigenvalue weighted by Crippen LogP contribution is 2.22. The highest BCUT2D eigenvalue weighted by Gasteiger charge is 2.01. The van der Waals surface area contributed by atoms with E-state index in [0.717, 1.165) is 42.8 Å². The third kappa shape index (κ3) is 5.52. The van der Waals surface area contributed by atoms with Crippen LogP contribution in [0, 0.1) is 0 Å². The SMILES string of the molecule is COCCCCNCc1cc(OC)ccc1Br. The molecule has 0 aliphatic heterocycles. The summed E-state index contributed by atoms with van der Waals surface area (Å²) in [7, 11) is 3.42. The number of rotatable bonds is 8. The molecule has 17 heavy (non-hydrogen) atoms. The average Bonchev–Trinajstić information content (AvgIpc) is 2.35. The van der Waals surface area contributed by atoms with Crippen LogP contribution in [0.5, 0.6) is 5.75 Å². The summed E-state index contributed by atoms with van der Waals surface area (Å²) in [4.78, 5) is 0. The molecule has 0 spiro atoms. The zero-order valence-corrected chi connectivity index (χ0v) is 12.0. The van der Waals surface area contributed by atoms with E-state index in [1.165, 1.54) is 5.56 Å². The van der Waals surface area contributed by atoms with Crippen molar-refractivity contribution in [2.45, 2.75) is 19.4 Å². The molecule has 0 bridgehead atoms. The van der Waals surface area contributed by atoms with Gasteiger partial charge in [0.25, 0.3) is 0 Å². The molecule has 0 saturated heterocycles. The van der Waals surface area contributed by atoms with Gasteiger partial charge in [0.05, 0.1) is 7.11 Å². The van der Waals surface area contributed by atoms with Crippen LogP contribution in [0.4, 0.5) is 0 Å². The normalized spacial score (nSPS) is 10.5. The molecule has 0 aromatic heterocycles. The van der Waals surface area contributed by atoms with Crippen LogP contribution in [-0.2, 0) is 11.3 Å². The van der Waals surface area contributed by atoms with Crippen LogP contribution in [0.15, 0.2) is 22.7 Å². The van der Waals surface area contributed by atoms with Crippen molar-refractivity contribution in [3.8, 4) is 5.75 Å². The molecular formula is C13H20BrNO2. The van der Waals surface area contributed by atoms with Gasteiger partial charge in [-0.05, 0) is 43.1 Å². The van der Waals surface area contributed by atoms with Gasteiger partial charge in [-0.1, -0.05) is 15.9 Å². The van der Waals surface area contributed by atoms with Crippen molar-refractivity contribution in [2.75, 3.05) is 27.4 Å². The molecule has 1 aromatic rings. The molecule has 0 atom stereocenters. The summed E-state index contributed by atoms with van der Waals surface area (Å²) >= 11 is 3.54. The first-order valence-corrected chi connectivity index (χ1v) is 6.59. The zero-order valence-electron chi connectivity index (χ0n) is 10.5. The lowest BCUT2D eigenvalue weighted by molar-refractivity contribution is 0.192. The topological polar surface area (TPSA) is 30.5 Å². The van der Waals surface area contributed by atoms with Crippen LogP contribution in [0.2, 0.25) is 0 Å². The third-order valence-electron chi connectivity index (χ3n) is 2.52. The summed E-state index contributed by atoms with van der Waals surface area (Å²) in [5.74, 6) is 0.893. The Kier molecular flexibility index (Phi) is 7.24. The molecule has 4 heteroatoms. The van der Waals surface area contributed by atoms with Gasteiger partial charge < -0.3 is 14.8 Å². The fourth-order valence-corrected chi connectivity index (χ4v) is 1.92. The van der Waals surface area contributed by atoms with Gasteiger partial charge >= 0.3 is 0 Å². The highest BCUT2D eigenvalue weighted by atomic mass is 79.9. The molecule has 0 unspecified atom stereocenters. The van der Waals surface area contributed by atoms with Gasteiger partial charge in [0.15, 0.2) is 0 Å². The maximum Gasteiger partial charge on any atom is 0.119 e. The van der Waals surface area contributed by atoms with E-state index in [9.17, 15) is 0 Å². The van der Waals surface area contributed by atoms with E-state index in [2.05, 4.69) is 21.2 Å². The van der Waals surface area contributed by atoms with E-state index in [-0.39, 0.29) is 0 Å². The summed E-state index contributed by atoms with van der Waals surface area (Å²) in [6, 6.07) is 6.01. The summed E-state index contributed by atoms with van der Waals surface area (Å²) in [5.41, 5.74) is 1.22. The van der Waals surface area contributed by atoms with Gasteiger partial charge in [-0.2, -0.15) is 0 Å². The molecule has 0 aliphatic rings. The second kappa shape index (κ2) is 8.50. The molecule has 3 nitrogen and oxygen atoms in total. The van der Waals surface area contributed by atoms with E-state index in [1.807, 2.05) is 18.2 Å². The average molecular weight is 302 g/mol. The van der Waals surface area contributed by atoms with Crippen molar-refractivity contribution in [2.24, 2.45) is 0 Å². The number of hydrogen-bond acceptors (Lipinski definition) is 3. The fourth-order valence-electron chi connectivity index (χ4n) is 1.53. The first kappa shape index (κ1) is 14.5. The molecule has 1 aromatic carbocycles. The van der Waals surface area contributed by atoms with E-state index in [1.54, 1.807) is 14.2 Å². The molecule has 0 heterocycles. The maximum atomic E-state index is 5.20. The number of hydrogen-bond donors (Lipinski definition) is 1. The first-order chi connectivity index (χ1) is 8.27. The smallest absolute Gasteiger partial charge is 0.119 e. The van der Waals surface area contributed by atoms with Gasteiger partial charge in [0, 0.05) is 24.7 Å². The summed E-state index contributed by atoms with van der Waals surface area (Å²) in [6.45, 7) is 2.70. The minimum atomic E-state index is 0.838. The molecule has 1 rings (SSSR count). The summed E-state index contributed by atoms with van der Waals surface area (Å²) < 4.78 is 11.3. The summed E-state index contributed by atoms with van der Waals surface area (Å²) in [5, 5.41) is 3.41. The van der Waals surface area contributed by atoms with Crippen molar-refractivity contribution >= 4 is 15.9 Å². The Hall–Kier alpha value is -0.580. The lowest BCUT2D eigenvalue weighted by atomic mass is 10.2. The Morgan fingerprint density at radius 1 is 1.24 bits per heavy atom. The molecule has 0 amide bonds. The molecule has 0 saturated carbocycles. The zero-order chi connectivity index (χ0) is 12.5. The van der Waals surface area contributed by atoms with Crippen molar-refractivity contribution in [3.63, 3.8) is 0 Å². The molecule has 0 fully saturated rings. The van der Waals surface area contributed by atoms with E-state index < -0.39 is 0 Å². The van der Waals surface area contributed by atoms with Crippen LogP contribution in [0.25, 0.3) is 0 Å². The number of nitrogens with one attached hydrogen (secondary N) is 1. The van der Waals surface area contributed by atoms with Crippen LogP contribution in [0.1, 0.15) is 18.4 Å². The maximum absolute atomic E-state index is 5.20. The fraction of sp³-hybridized carbons (Fsp3) is 0.538. The monoisotopic (exact) mass is 301 g/mol. The standard InChI is InChI=1S/C13H20BrNO2/c1-16-8-4-3-7-15-10-11-9-12(17-2)5-6-13(11)14/h5-6,9,15H,3-4,7-8,10H2,1-2H3. The first-order valence-electron chi connectivity index (χ1n) is 5.80. The Morgan fingerprint density at radius 2 is 2.06 bits per heavy atom. The van der Waals surface area contributed by atoms with Crippen LogP contribution in [-0.4, -0.2) is 27.4 Å². The number of benzene rings is 1. The Labute approximate surface area is 112 Å². The van der Waals surface area contributed by atoms with Gasteiger partial charge in [0.1, 0.15) is 5.75 Å². The Balaban J connectivity index is 2.30. The largest absolute Gasteiger partial charge is 0.497 e. The molecule has 1 N–H and O–H groups in total. The van der Waals surface area contributed by atoms with E-state index in [0.29, 0.717) is 0 Å². The van der Waals surface area contributed by atoms with Crippen LogP contribution in [0.3, 0.4) is 0 Å². The lowest BCUT2D eigenvalue weighted by Crippen LogP contribution is -2.15. The van der Waals surface area contributed by atoms with Gasteiger partial charge in [-0.15, -0.1) is 0 Å². The lowest BCUT2D eigenvalue weighted by Gasteiger charge is -2.08. The van der Waals surface area contributed by atoms with Gasteiger partial charge in [-0.25, -0.2) is 0 Å². The van der Waals surface area contributed by atoms with Gasteiger partial charge in [0.2, 0.25) is 0 Å². The predicted molar refractivity (Wildman–Crippen MR) is 73.5 cm³/mol. The second-order valence-electron chi connectivity index (χ2n) is 3.83. The van der Waals surface area contributed by atoms with E-state index in [4.69, 9.17) is 9.47 Å². The minimum absolute atomic E-state index is 0.838. The third-order valence-corrected chi connectivity index (χ3v) is 3.29. The van der Waals surface area contributed by atoms with Crippen molar-refractivity contribution < 1.29 is 9.47 Å². The predicted octanol–water partition coefficient (Wildman–Crippen LogP) is 2.97. The number of halogens is 1. The van der Waals surface area contributed by atoms with Crippen molar-refractivity contribution in [1.82, 2.24) is 5.32 Å². The quantitative estimate of drug-likeness (QED) is 0.749. The number of methoxy groups -OCH3 is 2.